The summed E-state index contributed by atoms with van der Waals surface area (Å²) >= 11 is 13.7. The second kappa shape index (κ2) is 5.10. The summed E-state index contributed by atoms with van der Waals surface area (Å²) in [6.07, 6.45) is 0. The highest BCUT2D eigenvalue weighted by Gasteiger charge is 2.16. The van der Waals surface area contributed by atoms with Gasteiger partial charge >= 0.3 is 0 Å². The third-order valence-corrected chi connectivity index (χ3v) is 4.56. The zero-order valence-electron chi connectivity index (χ0n) is 9.81. The van der Waals surface area contributed by atoms with E-state index in [-0.39, 0.29) is 6.04 Å². The summed E-state index contributed by atoms with van der Waals surface area (Å²) in [4.78, 5) is 4.55. The van der Waals surface area contributed by atoms with Crippen LogP contribution in [0.4, 0.5) is 0 Å². The zero-order valence-corrected chi connectivity index (χ0v) is 12.1. The molecule has 0 fully saturated rings. The van der Waals surface area contributed by atoms with Gasteiger partial charge < -0.3 is 5.73 Å². The second-order valence-electron chi connectivity index (χ2n) is 4.16. The van der Waals surface area contributed by atoms with Crippen molar-refractivity contribution < 1.29 is 0 Å². The fourth-order valence-corrected chi connectivity index (χ4v) is 3.42. The standard InChI is InChI=1S/C14H10Cl2N2S/c15-8-5-6-9(10(16)7-8)13(17)14-18-11-3-1-2-4-12(11)19-14/h1-7,13H,17H2. The van der Waals surface area contributed by atoms with E-state index in [1.165, 1.54) is 0 Å². The van der Waals surface area contributed by atoms with E-state index >= 15 is 0 Å². The number of aromatic nitrogens is 1. The average molecular weight is 309 g/mol. The molecule has 2 nitrogen and oxygen atoms in total. The van der Waals surface area contributed by atoms with Gasteiger partial charge in [0.25, 0.3) is 0 Å². The molecule has 0 bridgehead atoms. The van der Waals surface area contributed by atoms with E-state index in [2.05, 4.69) is 4.98 Å². The molecule has 1 unspecified atom stereocenters. The highest BCUT2D eigenvalue weighted by Crippen LogP contribution is 2.32. The van der Waals surface area contributed by atoms with Crippen LogP contribution in [-0.2, 0) is 0 Å². The molecule has 0 aliphatic rings. The summed E-state index contributed by atoms with van der Waals surface area (Å²) in [7, 11) is 0. The molecule has 3 rings (SSSR count). The molecule has 0 spiro atoms. The van der Waals surface area contributed by atoms with Gasteiger partial charge in [-0.1, -0.05) is 41.4 Å². The minimum Gasteiger partial charge on any atom is -0.318 e. The molecule has 5 heteroatoms. The van der Waals surface area contributed by atoms with Crippen LogP contribution in [-0.4, -0.2) is 4.98 Å². The van der Waals surface area contributed by atoms with Crippen molar-refractivity contribution in [3.8, 4) is 0 Å². The first-order valence-electron chi connectivity index (χ1n) is 5.71. The first-order chi connectivity index (χ1) is 9.15. The largest absolute Gasteiger partial charge is 0.318 e. The third-order valence-electron chi connectivity index (χ3n) is 2.87. The Morgan fingerprint density at radius 2 is 1.89 bits per heavy atom. The number of thiazole rings is 1. The van der Waals surface area contributed by atoms with E-state index in [9.17, 15) is 0 Å². The van der Waals surface area contributed by atoms with Gasteiger partial charge in [-0.05, 0) is 29.8 Å². The Morgan fingerprint density at radius 3 is 2.63 bits per heavy atom. The minimum atomic E-state index is -0.331. The molecular weight excluding hydrogens is 299 g/mol. The first-order valence-corrected chi connectivity index (χ1v) is 7.28. The molecule has 1 aromatic heterocycles. The second-order valence-corrected chi connectivity index (χ2v) is 6.07. The van der Waals surface area contributed by atoms with Crippen LogP contribution in [0.1, 0.15) is 16.6 Å². The van der Waals surface area contributed by atoms with Crippen LogP contribution < -0.4 is 5.73 Å². The lowest BCUT2D eigenvalue weighted by Crippen LogP contribution is -2.11. The Labute approximate surface area is 124 Å². The fourth-order valence-electron chi connectivity index (χ4n) is 1.91. The Bertz CT molecular complexity index is 706. The van der Waals surface area contributed by atoms with Crippen LogP contribution in [0.3, 0.4) is 0 Å². The number of benzene rings is 2. The van der Waals surface area contributed by atoms with Crippen molar-refractivity contribution in [2.24, 2.45) is 5.73 Å². The van der Waals surface area contributed by atoms with Gasteiger partial charge in [0.1, 0.15) is 5.01 Å². The predicted molar refractivity (Wildman–Crippen MR) is 82.1 cm³/mol. The maximum absolute atomic E-state index is 6.25. The molecule has 96 valence electrons. The van der Waals surface area contributed by atoms with Gasteiger partial charge in [-0.3, -0.25) is 0 Å². The van der Waals surface area contributed by atoms with Crippen molar-refractivity contribution in [2.75, 3.05) is 0 Å². The quantitative estimate of drug-likeness (QED) is 0.748. The molecule has 3 aromatic rings. The molecule has 19 heavy (non-hydrogen) atoms. The number of hydrogen-bond acceptors (Lipinski definition) is 3. The molecule has 0 saturated heterocycles. The first kappa shape index (κ1) is 12.9. The monoisotopic (exact) mass is 308 g/mol. The molecular formula is C14H10Cl2N2S. The molecule has 0 amide bonds. The predicted octanol–water partition coefficient (Wildman–Crippen LogP) is 4.65. The lowest BCUT2D eigenvalue weighted by Gasteiger charge is -2.10. The molecule has 0 radical (unpaired) electrons. The van der Waals surface area contributed by atoms with E-state index in [0.717, 1.165) is 20.8 Å². The molecule has 0 aliphatic carbocycles. The highest BCUT2D eigenvalue weighted by molar-refractivity contribution is 7.18. The normalized spacial score (nSPS) is 12.8. The SMILES string of the molecule is NC(c1nc2ccccc2s1)c1ccc(Cl)cc1Cl. The van der Waals surface area contributed by atoms with E-state index in [1.807, 2.05) is 30.3 Å². The Morgan fingerprint density at radius 1 is 1.11 bits per heavy atom. The number of nitrogens with two attached hydrogens (primary N) is 1. The smallest absolute Gasteiger partial charge is 0.115 e. The maximum atomic E-state index is 6.25. The number of para-hydroxylation sites is 1. The molecule has 1 heterocycles. The van der Waals surface area contributed by atoms with Crippen molar-refractivity contribution in [2.45, 2.75) is 6.04 Å². The number of rotatable bonds is 2. The lowest BCUT2D eigenvalue weighted by atomic mass is 10.1. The number of hydrogen-bond donors (Lipinski definition) is 1. The summed E-state index contributed by atoms with van der Waals surface area (Å²) in [5.41, 5.74) is 8.05. The number of fused-ring (bicyclic) bond motifs is 1. The third kappa shape index (κ3) is 2.47. The summed E-state index contributed by atoms with van der Waals surface area (Å²) in [6, 6.07) is 13.0. The van der Waals surface area contributed by atoms with Gasteiger partial charge in [0, 0.05) is 10.0 Å². The van der Waals surface area contributed by atoms with Gasteiger partial charge in [0.2, 0.25) is 0 Å². The van der Waals surface area contributed by atoms with Crippen LogP contribution in [0.25, 0.3) is 10.2 Å². The molecule has 2 aromatic carbocycles. The van der Waals surface area contributed by atoms with E-state index in [0.29, 0.717) is 10.0 Å². The minimum absolute atomic E-state index is 0.331. The summed E-state index contributed by atoms with van der Waals surface area (Å²) in [5.74, 6) is 0. The number of nitrogens with zero attached hydrogens (tertiary/aromatic N) is 1. The van der Waals surface area contributed by atoms with Gasteiger partial charge in [0.05, 0.1) is 16.3 Å². The molecule has 2 N–H and O–H groups in total. The number of halogens is 2. The zero-order chi connectivity index (χ0) is 13.4. The highest BCUT2D eigenvalue weighted by atomic mass is 35.5. The topological polar surface area (TPSA) is 38.9 Å². The summed E-state index contributed by atoms with van der Waals surface area (Å²) in [6.45, 7) is 0. The van der Waals surface area contributed by atoms with Crippen molar-refractivity contribution >= 4 is 44.8 Å². The van der Waals surface area contributed by atoms with Gasteiger partial charge in [-0.25, -0.2) is 4.98 Å². The summed E-state index contributed by atoms with van der Waals surface area (Å²) < 4.78 is 1.12. The molecule has 0 saturated carbocycles. The average Bonchev–Trinajstić information content (AvgIpc) is 2.81. The lowest BCUT2D eigenvalue weighted by molar-refractivity contribution is 0.862. The Kier molecular flexibility index (Phi) is 3.46. The van der Waals surface area contributed by atoms with Crippen LogP contribution in [0.5, 0.6) is 0 Å². The van der Waals surface area contributed by atoms with Crippen molar-refractivity contribution in [1.29, 1.82) is 0 Å². The van der Waals surface area contributed by atoms with Crippen LogP contribution in [0.15, 0.2) is 42.5 Å². The van der Waals surface area contributed by atoms with Crippen molar-refractivity contribution in [3.05, 3.63) is 63.1 Å². The van der Waals surface area contributed by atoms with Crippen molar-refractivity contribution in [3.63, 3.8) is 0 Å². The Hall–Kier alpha value is -1.13. The molecule has 0 aliphatic heterocycles. The fraction of sp³-hybridized carbons (Fsp3) is 0.0714. The van der Waals surface area contributed by atoms with E-state index in [4.69, 9.17) is 28.9 Å². The Balaban J connectivity index is 2.05. The van der Waals surface area contributed by atoms with Crippen molar-refractivity contribution in [1.82, 2.24) is 4.98 Å². The van der Waals surface area contributed by atoms with E-state index in [1.54, 1.807) is 23.5 Å². The van der Waals surface area contributed by atoms with Gasteiger partial charge in [0.15, 0.2) is 0 Å². The van der Waals surface area contributed by atoms with Crippen LogP contribution >= 0.6 is 34.5 Å². The maximum Gasteiger partial charge on any atom is 0.115 e. The van der Waals surface area contributed by atoms with Gasteiger partial charge in [-0.15, -0.1) is 11.3 Å². The summed E-state index contributed by atoms with van der Waals surface area (Å²) in [5, 5.41) is 2.02. The van der Waals surface area contributed by atoms with Crippen LogP contribution in [0, 0.1) is 0 Å². The van der Waals surface area contributed by atoms with Gasteiger partial charge in [-0.2, -0.15) is 0 Å². The van der Waals surface area contributed by atoms with E-state index < -0.39 is 0 Å². The molecule has 1 atom stereocenters. The van der Waals surface area contributed by atoms with Crippen LogP contribution in [0.2, 0.25) is 10.0 Å².